The molecule has 82 valence electrons. The molecule has 1 heterocycles. The van der Waals surface area contributed by atoms with E-state index in [1.807, 2.05) is 0 Å². The van der Waals surface area contributed by atoms with Crippen LogP contribution in [-0.2, 0) is 9.47 Å². The molecule has 14 heavy (non-hydrogen) atoms. The molecule has 1 aliphatic heterocycles. The van der Waals surface area contributed by atoms with Crippen molar-refractivity contribution in [1.29, 1.82) is 0 Å². The third-order valence-corrected chi connectivity index (χ3v) is 2.42. The van der Waals surface area contributed by atoms with Gasteiger partial charge < -0.3 is 14.8 Å². The van der Waals surface area contributed by atoms with Crippen molar-refractivity contribution in [1.82, 2.24) is 5.32 Å². The van der Waals surface area contributed by atoms with Gasteiger partial charge in [-0.25, -0.2) is 0 Å². The monoisotopic (exact) mass is 199 g/mol. The lowest BCUT2D eigenvalue weighted by Crippen LogP contribution is -2.30. The van der Waals surface area contributed by atoms with E-state index in [-0.39, 0.29) is 0 Å². The average molecular weight is 199 g/mol. The summed E-state index contributed by atoms with van der Waals surface area (Å²) in [6.07, 6.45) is 4.40. The fourth-order valence-electron chi connectivity index (χ4n) is 1.43. The second-order valence-electron chi connectivity index (χ2n) is 3.77. The Morgan fingerprint density at radius 3 is 3.14 bits per heavy atom. The molecule has 3 heteroatoms. The standard InChI is InChI=1S/C11H21NO2/c1-10(5-7-13-2)12-8-11-4-3-6-14-9-11/h4,10,12H,3,5-9H2,1-2H3. The van der Waals surface area contributed by atoms with Crippen molar-refractivity contribution < 1.29 is 9.47 Å². The lowest BCUT2D eigenvalue weighted by Gasteiger charge is -2.17. The minimum absolute atomic E-state index is 0.512. The van der Waals surface area contributed by atoms with Crippen LogP contribution >= 0.6 is 0 Å². The Morgan fingerprint density at radius 1 is 1.64 bits per heavy atom. The number of methoxy groups -OCH3 is 1. The molecule has 0 aromatic heterocycles. The number of nitrogens with one attached hydrogen (secondary N) is 1. The molecule has 1 unspecified atom stereocenters. The van der Waals surface area contributed by atoms with Gasteiger partial charge in [-0.05, 0) is 25.3 Å². The summed E-state index contributed by atoms with van der Waals surface area (Å²) in [5.74, 6) is 0. The van der Waals surface area contributed by atoms with E-state index in [9.17, 15) is 0 Å². The van der Waals surface area contributed by atoms with Crippen molar-refractivity contribution in [2.45, 2.75) is 25.8 Å². The fourth-order valence-corrected chi connectivity index (χ4v) is 1.43. The predicted octanol–water partition coefficient (Wildman–Crippen LogP) is 1.35. The van der Waals surface area contributed by atoms with Crippen LogP contribution in [0.3, 0.4) is 0 Å². The third-order valence-electron chi connectivity index (χ3n) is 2.42. The molecule has 0 fully saturated rings. The van der Waals surface area contributed by atoms with Gasteiger partial charge in [-0.15, -0.1) is 0 Å². The van der Waals surface area contributed by atoms with Crippen molar-refractivity contribution in [3.8, 4) is 0 Å². The predicted molar refractivity (Wildman–Crippen MR) is 57.5 cm³/mol. The zero-order chi connectivity index (χ0) is 10.2. The summed E-state index contributed by atoms with van der Waals surface area (Å²) in [7, 11) is 1.74. The maximum atomic E-state index is 5.36. The van der Waals surface area contributed by atoms with Crippen molar-refractivity contribution in [2.24, 2.45) is 0 Å². The quantitative estimate of drug-likeness (QED) is 0.655. The van der Waals surface area contributed by atoms with Gasteiger partial charge in [0.2, 0.25) is 0 Å². The summed E-state index contributed by atoms with van der Waals surface area (Å²) < 4.78 is 10.4. The van der Waals surface area contributed by atoms with Gasteiger partial charge in [0.15, 0.2) is 0 Å². The Kier molecular flexibility index (Phi) is 5.83. The molecule has 1 rings (SSSR count). The van der Waals surface area contributed by atoms with E-state index in [0.29, 0.717) is 6.04 Å². The van der Waals surface area contributed by atoms with Crippen LogP contribution in [0.2, 0.25) is 0 Å². The molecule has 0 saturated carbocycles. The van der Waals surface area contributed by atoms with E-state index in [1.165, 1.54) is 5.57 Å². The van der Waals surface area contributed by atoms with Crippen LogP contribution in [0.4, 0.5) is 0 Å². The molecule has 0 aromatic rings. The lowest BCUT2D eigenvalue weighted by molar-refractivity contribution is 0.148. The Labute approximate surface area is 86.5 Å². The summed E-state index contributed by atoms with van der Waals surface area (Å²) in [5, 5.41) is 3.46. The highest BCUT2D eigenvalue weighted by molar-refractivity contribution is 5.06. The molecule has 0 saturated heterocycles. The molecule has 1 aliphatic rings. The molecule has 0 aliphatic carbocycles. The number of hydrogen-bond acceptors (Lipinski definition) is 3. The van der Waals surface area contributed by atoms with E-state index in [1.54, 1.807) is 7.11 Å². The maximum absolute atomic E-state index is 5.36. The average Bonchev–Trinajstić information content (AvgIpc) is 2.25. The van der Waals surface area contributed by atoms with Crippen molar-refractivity contribution in [2.75, 3.05) is 33.5 Å². The first-order chi connectivity index (χ1) is 6.83. The van der Waals surface area contributed by atoms with Gasteiger partial charge in [0, 0.05) is 26.3 Å². The van der Waals surface area contributed by atoms with Crippen molar-refractivity contribution in [3.63, 3.8) is 0 Å². The molecular weight excluding hydrogens is 178 g/mol. The summed E-state index contributed by atoms with van der Waals surface area (Å²) >= 11 is 0. The SMILES string of the molecule is COCCC(C)NCC1=CCCOC1. The van der Waals surface area contributed by atoms with Crippen LogP contribution in [-0.4, -0.2) is 39.5 Å². The van der Waals surface area contributed by atoms with E-state index in [4.69, 9.17) is 9.47 Å². The molecule has 0 bridgehead atoms. The zero-order valence-corrected chi connectivity index (χ0v) is 9.21. The van der Waals surface area contributed by atoms with Crippen molar-refractivity contribution in [3.05, 3.63) is 11.6 Å². The zero-order valence-electron chi connectivity index (χ0n) is 9.21. The van der Waals surface area contributed by atoms with Crippen LogP contribution < -0.4 is 5.32 Å². The summed E-state index contributed by atoms with van der Waals surface area (Å²) in [6, 6.07) is 0.512. The minimum atomic E-state index is 0.512. The molecule has 1 atom stereocenters. The maximum Gasteiger partial charge on any atom is 0.0689 e. The number of ether oxygens (including phenoxy) is 2. The van der Waals surface area contributed by atoms with E-state index < -0.39 is 0 Å². The van der Waals surface area contributed by atoms with Gasteiger partial charge in [0.1, 0.15) is 0 Å². The van der Waals surface area contributed by atoms with Gasteiger partial charge in [0.05, 0.1) is 13.2 Å². The molecule has 0 amide bonds. The number of hydrogen-bond donors (Lipinski definition) is 1. The molecule has 0 radical (unpaired) electrons. The van der Waals surface area contributed by atoms with Gasteiger partial charge >= 0.3 is 0 Å². The Balaban J connectivity index is 2.09. The van der Waals surface area contributed by atoms with E-state index in [0.717, 1.165) is 39.2 Å². The summed E-state index contributed by atoms with van der Waals surface area (Å²) in [5.41, 5.74) is 1.38. The van der Waals surface area contributed by atoms with Gasteiger partial charge in [-0.3, -0.25) is 0 Å². The largest absolute Gasteiger partial charge is 0.385 e. The van der Waals surface area contributed by atoms with Crippen molar-refractivity contribution >= 4 is 0 Å². The summed E-state index contributed by atoms with van der Waals surface area (Å²) in [4.78, 5) is 0. The van der Waals surface area contributed by atoms with E-state index in [2.05, 4.69) is 18.3 Å². The van der Waals surface area contributed by atoms with Gasteiger partial charge in [-0.1, -0.05) is 6.08 Å². The third kappa shape index (κ3) is 4.74. The van der Waals surface area contributed by atoms with Crippen LogP contribution in [0.15, 0.2) is 11.6 Å². The minimum Gasteiger partial charge on any atom is -0.385 e. The topological polar surface area (TPSA) is 30.5 Å². The lowest BCUT2D eigenvalue weighted by atomic mass is 10.1. The smallest absolute Gasteiger partial charge is 0.0689 e. The highest BCUT2D eigenvalue weighted by Crippen LogP contribution is 2.04. The molecule has 0 spiro atoms. The Bertz CT molecular complexity index is 180. The van der Waals surface area contributed by atoms with Gasteiger partial charge in [-0.2, -0.15) is 0 Å². The van der Waals surface area contributed by atoms with Gasteiger partial charge in [0.25, 0.3) is 0 Å². The Morgan fingerprint density at radius 2 is 2.50 bits per heavy atom. The molecular formula is C11H21NO2. The molecule has 0 aromatic carbocycles. The highest BCUT2D eigenvalue weighted by atomic mass is 16.5. The highest BCUT2D eigenvalue weighted by Gasteiger charge is 2.05. The van der Waals surface area contributed by atoms with Crippen LogP contribution in [0, 0.1) is 0 Å². The summed E-state index contributed by atoms with van der Waals surface area (Å²) in [6.45, 7) is 5.63. The molecule has 1 N–H and O–H groups in total. The first kappa shape index (κ1) is 11.7. The first-order valence-corrected chi connectivity index (χ1v) is 5.31. The Hall–Kier alpha value is -0.380. The van der Waals surface area contributed by atoms with Crippen LogP contribution in [0.25, 0.3) is 0 Å². The fraction of sp³-hybridized carbons (Fsp3) is 0.818. The molecule has 3 nitrogen and oxygen atoms in total. The number of rotatable bonds is 6. The van der Waals surface area contributed by atoms with Crippen LogP contribution in [0.5, 0.6) is 0 Å². The first-order valence-electron chi connectivity index (χ1n) is 5.31. The van der Waals surface area contributed by atoms with Crippen LogP contribution in [0.1, 0.15) is 19.8 Å². The second kappa shape index (κ2) is 6.98. The van der Waals surface area contributed by atoms with E-state index >= 15 is 0 Å². The normalized spacial score (nSPS) is 19.1. The second-order valence-corrected chi connectivity index (χ2v) is 3.77.